The molecule has 0 amide bonds. The van der Waals surface area contributed by atoms with Gasteiger partial charge in [-0.2, -0.15) is 8.42 Å². The molecule has 1 heterocycles. The lowest BCUT2D eigenvalue weighted by Gasteiger charge is -2.63. The summed E-state index contributed by atoms with van der Waals surface area (Å²) in [4.78, 5) is 38.4. The number of esters is 2. The lowest BCUT2D eigenvalue weighted by molar-refractivity contribution is -0.294. The zero-order chi connectivity index (χ0) is 32.0. The van der Waals surface area contributed by atoms with Gasteiger partial charge in [-0.1, -0.05) is 17.2 Å². The van der Waals surface area contributed by atoms with Crippen molar-refractivity contribution in [3.8, 4) is 0 Å². The van der Waals surface area contributed by atoms with Gasteiger partial charge in [0.1, 0.15) is 29.7 Å². The molecule has 0 aromatic rings. The number of hydrogen-bond donors (Lipinski definition) is 4. The van der Waals surface area contributed by atoms with Gasteiger partial charge in [-0.05, 0) is 78.1 Å². The summed E-state index contributed by atoms with van der Waals surface area (Å²) in [6.45, 7) is 7.38. The Balaban J connectivity index is 1.56. The molecule has 4 aliphatic carbocycles. The van der Waals surface area contributed by atoms with Crippen molar-refractivity contribution in [1.82, 2.24) is 0 Å². The van der Waals surface area contributed by atoms with E-state index in [1.54, 1.807) is 26.8 Å². The molecule has 13 heteroatoms. The highest BCUT2D eigenvalue weighted by Crippen LogP contribution is 2.70. The molecule has 0 aromatic carbocycles. The van der Waals surface area contributed by atoms with E-state index >= 15 is 0 Å². The maximum atomic E-state index is 13.7. The van der Waals surface area contributed by atoms with E-state index in [1.807, 2.05) is 0 Å². The number of allylic oxidation sites excluding steroid dienone is 1. The molecular weight excluding hydrogens is 584 g/mol. The highest BCUT2D eigenvalue weighted by molar-refractivity contribution is 7.80. The number of Topliss-reactive ketones (excluding diaryl/α,β-unsaturated/α-hetero) is 1. The molecule has 4 N–H and O–H groups in total. The highest BCUT2D eigenvalue weighted by atomic mass is 32.3. The van der Waals surface area contributed by atoms with Crippen molar-refractivity contribution in [1.29, 1.82) is 0 Å². The van der Waals surface area contributed by atoms with Crippen LogP contribution in [-0.2, 0) is 38.4 Å². The first-order valence-corrected chi connectivity index (χ1v) is 16.2. The van der Waals surface area contributed by atoms with Crippen molar-refractivity contribution in [3.05, 3.63) is 22.8 Å². The predicted molar refractivity (Wildman–Crippen MR) is 149 cm³/mol. The van der Waals surface area contributed by atoms with Crippen molar-refractivity contribution >= 4 is 28.1 Å². The van der Waals surface area contributed by atoms with E-state index in [9.17, 15) is 42.7 Å². The molecule has 0 spiro atoms. The molecule has 9 atom stereocenters. The van der Waals surface area contributed by atoms with E-state index in [0.717, 1.165) is 0 Å². The van der Waals surface area contributed by atoms with Gasteiger partial charge in [0.15, 0.2) is 0 Å². The molecule has 240 valence electrons. The van der Waals surface area contributed by atoms with Gasteiger partial charge in [-0.15, -0.1) is 0 Å². The number of fused-ring (bicyclic) bond motifs is 5. The number of ether oxygens (including phenoxy) is 2. The molecule has 0 radical (unpaired) electrons. The third-order valence-corrected chi connectivity index (χ3v) is 12.4. The number of cyclic esters (lactones) is 1. The van der Waals surface area contributed by atoms with Crippen molar-refractivity contribution in [2.24, 2.45) is 22.7 Å². The smallest absolute Gasteiger partial charge is 0.397 e. The Kier molecular flexibility index (Phi) is 7.63. The van der Waals surface area contributed by atoms with Gasteiger partial charge in [0.2, 0.25) is 0 Å². The number of carbonyl (C=O) groups is 3. The molecule has 3 fully saturated rings. The summed E-state index contributed by atoms with van der Waals surface area (Å²) in [5.74, 6) is -2.51. The second-order valence-corrected chi connectivity index (χ2v) is 14.7. The van der Waals surface area contributed by atoms with Crippen molar-refractivity contribution in [3.63, 3.8) is 0 Å². The second kappa shape index (κ2) is 10.2. The van der Waals surface area contributed by atoms with E-state index in [0.29, 0.717) is 23.1 Å². The minimum Gasteiger partial charge on any atom is -0.465 e. The molecule has 1 aliphatic heterocycles. The maximum Gasteiger partial charge on any atom is 0.397 e. The van der Waals surface area contributed by atoms with Crippen LogP contribution in [0.3, 0.4) is 0 Å². The van der Waals surface area contributed by atoms with Gasteiger partial charge in [-0.3, -0.25) is 14.1 Å². The summed E-state index contributed by atoms with van der Waals surface area (Å²) in [7, 11) is -4.76. The number of aliphatic hydroxyl groups is 3. The van der Waals surface area contributed by atoms with Crippen LogP contribution >= 0.6 is 0 Å². The number of carbonyl (C=O) groups excluding carboxylic acids is 3. The fourth-order valence-corrected chi connectivity index (χ4v) is 9.74. The van der Waals surface area contributed by atoms with Crippen LogP contribution in [0.15, 0.2) is 22.8 Å². The topological polar surface area (TPSA) is 194 Å². The number of hydrogen-bond acceptors (Lipinski definition) is 11. The van der Waals surface area contributed by atoms with Crippen molar-refractivity contribution < 1.29 is 56.3 Å². The lowest BCUT2D eigenvalue weighted by Crippen LogP contribution is -2.74. The maximum absolute atomic E-state index is 13.7. The Labute approximate surface area is 251 Å². The van der Waals surface area contributed by atoms with Gasteiger partial charge in [0.25, 0.3) is 0 Å². The Morgan fingerprint density at radius 3 is 2.40 bits per heavy atom. The molecule has 0 bridgehead atoms. The fraction of sp³-hybridized carbons (Fsp3) is 0.767. The van der Waals surface area contributed by atoms with E-state index in [1.165, 1.54) is 13.8 Å². The second-order valence-electron chi connectivity index (χ2n) is 13.7. The molecule has 43 heavy (non-hydrogen) atoms. The number of rotatable bonds is 6. The largest absolute Gasteiger partial charge is 0.465 e. The first-order chi connectivity index (χ1) is 19.7. The molecular formula is C30H42O12S. The minimum absolute atomic E-state index is 0.0263. The molecule has 0 saturated heterocycles. The zero-order valence-corrected chi connectivity index (χ0v) is 26.0. The van der Waals surface area contributed by atoms with E-state index in [4.69, 9.17) is 13.7 Å². The summed E-state index contributed by atoms with van der Waals surface area (Å²) in [6, 6.07) is 0. The summed E-state index contributed by atoms with van der Waals surface area (Å²) in [5, 5.41) is 37.5. The van der Waals surface area contributed by atoms with Gasteiger partial charge in [-0.25, -0.2) is 8.98 Å². The van der Waals surface area contributed by atoms with Gasteiger partial charge >= 0.3 is 22.3 Å². The molecule has 0 aromatic heterocycles. The lowest BCUT2D eigenvalue weighted by atomic mass is 9.43. The Hall–Kier alpha value is -2.16. The third kappa shape index (κ3) is 4.56. The van der Waals surface area contributed by atoms with Crippen molar-refractivity contribution in [2.75, 3.05) is 6.61 Å². The normalized spacial score (nSPS) is 42.7. The van der Waals surface area contributed by atoms with Gasteiger partial charge in [0.05, 0.1) is 22.5 Å². The predicted octanol–water partition coefficient (Wildman–Crippen LogP) is 2.11. The van der Waals surface area contributed by atoms with Gasteiger partial charge < -0.3 is 24.8 Å². The van der Waals surface area contributed by atoms with Crippen LogP contribution < -0.4 is 0 Å². The summed E-state index contributed by atoms with van der Waals surface area (Å²) < 4.78 is 47.8. The van der Waals surface area contributed by atoms with Crippen molar-refractivity contribution in [2.45, 2.75) is 115 Å². The molecule has 0 unspecified atom stereocenters. The van der Waals surface area contributed by atoms with Crippen LogP contribution in [0.25, 0.3) is 0 Å². The van der Waals surface area contributed by atoms with Crippen LogP contribution in [0.4, 0.5) is 0 Å². The average Bonchev–Trinajstić information content (AvgIpc) is 3.14. The van der Waals surface area contributed by atoms with E-state index < -0.39 is 80.6 Å². The molecule has 3 saturated carbocycles. The van der Waals surface area contributed by atoms with E-state index in [2.05, 4.69) is 0 Å². The first-order valence-electron chi connectivity index (χ1n) is 14.8. The SMILES string of the molecule is CC(=O)OC[C@]12CC[C@H]3[C@@H](CC=C4C[C@@H](OS(=O)(=O)O)CC(=O)[C@@]43C)[C@]1(O)CC[C@@]2(O)[C@@](C)(O)[C@H]1CC(C)=C(C)C(=O)O1. The van der Waals surface area contributed by atoms with Crippen LogP contribution in [0, 0.1) is 22.7 Å². The van der Waals surface area contributed by atoms with Crippen LogP contribution in [0.2, 0.25) is 0 Å². The average molecular weight is 627 g/mol. The molecule has 5 rings (SSSR count). The summed E-state index contributed by atoms with van der Waals surface area (Å²) in [6.07, 6.45) is 0.292. The zero-order valence-electron chi connectivity index (χ0n) is 25.2. The third-order valence-electron chi connectivity index (χ3n) is 11.9. The Morgan fingerprint density at radius 1 is 1.12 bits per heavy atom. The van der Waals surface area contributed by atoms with Crippen LogP contribution in [0.5, 0.6) is 0 Å². The highest BCUT2D eigenvalue weighted by Gasteiger charge is 2.78. The standard InChI is InChI=1S/C30H42O12S/c1-16-12-24(41-25(33)17(16)2)27(5,34)30(36)11-10-29(35)22-7-6-19-13-20(42-43(37,38)39)14-23(32)26(19,4)21(22)8-9-28(29,30)15-40-18(3)31/h6,20-22,24,34-36H,7-15H2,1-5H3,(H,37,38,39)/t20-,21+,22-,24-,26+,27+,28-,29-,30-/m1/s1. The van der Waals surface area contributed by atoms with E-state index in [-0.39, 0.29) is 50.7 Å². The Morgan fingerprint density at radius 2 is 1.79 bits per heavy atom. The van der Waals surface area contributed by atoms with Gasteiger partial charge in [0, 0.05) is 25.3 Å². The molecule has 12 nitrogen and oxygen atoms in total. The quantitative estimate of drug-likeness (QED) is 0.191. The first kappa shape index (κ1) is 32.2. The monoisotopic (exact) mass is 626 g/mol. The Bertz CT molecular complexity index is 1410. The number of ketones is 1. The van der Waals surface area contributed by atoms with Crippen LogP contribution in [-0.4, -0.2) is 81.6 Å². The van der Waals surface area contributed by atoms with Crippen LogP contribution in [0.1, 0.15) is 86.0 Å². The minimum atomic E-state index is -4.76. The summed E-state index contributed by atoms with van der Waals surface area (Å²) in [5.41, 5.74) is -6.63. The molecule has 5 aliphatic rings. The summed E-state index contributed by atoms with van der Waals surface area (Å²) >= 11 is 0. The fourth-order valence-electron chi connectivity index (χ4n) is 9.26.